The molecule has 6 nitrogen and oxygen atoms in total. The summed E-state index contributed by atoms with van der Waals surface area (Å²) in [5.41, 5.74) is -3.88. The lowest BCUT2D eigenvalue weighted by molar-refractivity contribution is -0.185. The van der Waals surface area contributed by atoms with Gasteiger partial charge in [0.1, 0.15) is 5.75 Å². The van der Waals surface area contributed by atoms with Crippen molar-refractivity contribution in [3.63, 3.8) is 0 Å². The van der Waals surface area contributed by atoms with E-state index >= 15 is 0 Å². The predicted molar refractivity (Wildman–Crippen MR) is 124 cm³/mol. The minimum absolute atomic E-state index is 0.0365. The van der Waals surface area contributed by atoms with E-state index in [4.69, 9.17) is 9.15 Å². The van der Waals surface area contributed by atoms with Gasteiger partial charge in [-0.05, 0) is 43.2 Å². The van der Waals surface area contributed by atoms with Crippen LogP contribution in [0.15, 0.2) is 88.6 Å². The van der Waals surface area contributed by atoms with Crippen LogP contribution in [0.2, 0.25) is 0 Å². The third-order valence-electron chi connectivity index (χ3n) is 6.31. The van der Waals surface area contributed by atoms with E-state index in [-0.39, 0.29) is 17.6 Å². The van der Waals surface area contributed by atoms with Gasteiger partial charge in [0.15, 0.2) is 17.3 Å². The Kier molecular flexibility index (Phi) is 6.58. The molecule has 1 aliphatic rings. The average Bonchev–Trinajstić information content (AvgIpc) is 3.47. The number of Topliss-reactive ketones (excluding diaryl/α,β-unsaturated/α-hetero) is 2. The summed E-state index contributed by atoms with van der Waals surface area (Å²) in [5.74, 6) is -4.77. The molecule has 4 rings (SSSR count). The molecule has 36 heavy (non-hydrogen) atoms. The number of halogens is 3. The zero-order valence-electron chi connectivity index (χ0n) is 19.4. The average molecular weight is 497 g/mol. The summed E-state index contributed by atoms with van der Waals surface area (Å²) >= 11 is 0. The third kappa shape index (κ3) is 4.21. The minimum Gasteiger partial charge on any atom is -0.497 e. The molecule has 1 aliphatic carbocycles. The first-order valence-electron chi connectivity index (χ1n) is 11.0. The van der Waals surface area contributed by atoms with Crippen molar-refractivity contribution in [1.29, 1.82) is 0 Å². The van der Waals surface area contributed by atoms with E-state index in [1.54, 1.807) is 30.3 Å². The van der Waals surface area contributed by atoms with Crippen LogP contribution in [0.4, 0.5) is 13.2 Å². The van der Waals surface area contributed by atoms with Gasteiger partial charge in [0.2, 0.25) is 5.54 Å². The molecule has 0 saturated heterocycles. The Bertz CT molecular complexity index is 1310. The van der Waals surface area contributed by atoms with Crippen LogP contribution in [0.1, 0.15) is 33.4 Å². The Balaban J connectivity index is 1.86. The molecule has 1 aromatic heterocycles. The highest BCUT2D eigenvalue weighted by Gasteiger charge is 2.70. The Morgan fingerprint density at radius 1 is 1.03 bits per heavy atom. The second kappa shape index (κ2) is 9.49. The van der Waals surface area contributed by atoms with Gasteiger partial charge in [0, 0.05) is 17.1 Å². The fraction of sp³-hybridized carbons (Fsp3) is 0.222. The lowest BCUT2D eigenvalue weighted by Crippen LogP contribution is -2.65. The zero-order valence-corrected chi connectivity index (χ0v) is 19.4. The predicted octanol–water partition coefficient (Wildman–Crippen LogP) is 4.96. The van der Waals surface area contributed by atoms with Gasteiger partial charge < -0.3 is 14.5 Å². The summed E-state index contributed by atoms with van der Waals surface area (Å²) in [4.78, 5) is 40.0. The first kappa shape index (κ1) is 25.0. The molecule has 3 aromatic rings. The summed E-state index contributed by atoms with van der Waals surface area (Å²) < 4.78 is 54.8. The van der Waals surface area contributed by atoms with Crippen molar-refractivity contribution >= 4 is 17.5 Å². The number of ketones is 2. The van der Waals surface area contributed by atoms with E-state index < -0.39 is 46.4 Å². The SMILES string of the molecule is COc1ccc(C[C@@H]2C(=O)[C@@](NC(=O)c3ccco3)(C(F)(F)F)C(C(=O)c3ccccc3)=C2C)cc1. The third-order valence-corrected chi connectivity index (χ3v) is 6.31. The first-order valence-corrected chi connectivity index (χ1v) is 11.0. The molecule has 0 unspecified atom stereocenters. The van der Waals surface area contributed by atoms with Gasteiger partial charge in [-0.15, -0.1) is 0 Å². The number of methoxy groups -OCH3 is 1. The molecule has 1 amide bonds. The van der Waals surface area contributed by atoms with Crippen molar-refractivity contribution in [1.82, 2.24) is 5.32 Å². The number of hydrogen-bond acceptors (Lipinski definition) is 5. The Hall–Kier alpha value is -4.14. The van der Waals surface area contributed by atoms with Crippen LogP contribution in [0.25, 0.3) is 0 Å². The van der Waals surface area contributed by atoms with E-state index in [1.807, 2.05) is 5.32 Å². The number of rotatable bonds is 7. The maximum absolute atomic E-state index is 14.9. The second-order valence-electron chi connectivity index (χ2n) is 8.40. The molecule has 0 fully saturated rings. The molecule has 186 valence electrons. The fourth-order valence-electron chi connectivity index (χ4n) is 4.49. The lowest BCUT2D eigenvalue weighted by Gasteiger charge is -2.33. The second-order valence-corrected chi connectivity index (χ2v) is 8.40. The number of hydrogen-bond donors (Lipinski definition) is 1. The van der Waals surface area contributed by atoms with Crippen LogP contribution >= 0.6 is 0 Å². The smallest absolute Gasteiger partial charge is 0.423 e. The molecule has 9 heteroatoms. The van der Waals surface area contributed by atoms with Crippen molar-refractivity contribution in [2.45, 2.75) is 25.1 Å². The number of nitrogens with one attached hydrogen (secondary N) is 1. The van der Waals surface area contributed by atoms with Crippen LogP contribution < -0.4 is 10.1 Å². The summed E-state index contributed by atoms with van der Waals surface area (Å²) in [6, 6.07) is 16.4. The molecular weight excluding hydrogens is 475 g/mol. The molecule has 2 atom stereocenters. The van der Waals surface area contributed by atoms with Gasteiger partial charge in [-0.25, -0.2) is 0 Å². The maximum Gasteiger partial charge on any atom is 0.423 e. The van der Waals surface area contributed by atoms with Crippen LogP contribution in [0.3, 0.4) is 0 Å². The molecule has 1 heterocycles. The van der Waals surface area contributed by atoms with Gasteiger partial charge in [-0.1, -0.05) is 48.0 Å². The van der Waals surface area contributed by atoms with E-state index in [0.29, 0.717) is 11.3 Å². The van der Waals surface area contributed by atoms with Gasteiger partial charge in [0.05, 0.1) is 13.4 Å². The standard InChI is InChI=1S/C27H22F3NO5/c1-16-20(15-17-10-12-19(35-2)13-11-17)24(33)26(27(28,29)30,31-25(34)21-9-6-14-36-21)22(16)23(32)18-7-4-3-5-8-18/h3-14,20H,15H2,1-2H3,(H,31,34)/t20-,26+/m0/s1. The number of furan rings is 1. The highest BCUT2D eigenvalue weighted by atomic mass is 19.4. The Morgan fingerprint density at radius 2 is 1.69 bits per heavy atom. The molecule has 1 N–H and O–H groups in total. The molecule has 2 aromatic carbocycles. The molecule has 0 radical (unpaired) electrons. The largest absolute Gasteiger partial charge is 0.497 e. The monoisotopic (exact) mass is 497 g/mol. The van der Waals surface area contributed by atoms with E-state index in [0.717, 1.165) is 6.26 Å². The van der Waals surface area contributed by atoms with Crippen molar-refractivity contribution < 1.29 is 36.7 Å². The van der Waals surface area contributed by atoms with Crippen LogP contribution in [0, 0.1) is 5.92 Å². The number of amides is 1. The normalized spacial score (nSPS) is 19.9. The van der Waals surface area contributed by atoms with Gasteiger partial charge >= 0.3 is 6.18 Å². The van der Waals surface area contributed by atoms with Gasteiger partial charge in [-0.3, -0.25) is 14.4 Å². The number of benzene rings is 2. The Labute approximate surface area is 204 Å². The van der Waals surface area contributed by atoms with Crippen molar-refractivity contribution in [3.05, 3.63) is 101 Å². The minimum atomic E-state index is -5.32. The number of alkyl halides is 3. The maximum atomic E-state index is 14.9. The number of carbonyl (C=O) groups excluding carboxylic acids is 3. The quantitative estimate of drug-likeness (QED) is 0.467. The zero-order chi connectivity index (χ0) is 26.1. The van der Waals surface area contributed by atoms with Crippen LogP contribution in [0.5, 0.6) is 5.75 Å². The number of carbonyl (C=O) groups is 3. The van der Waals surface area contributed by atoms with Gasteiger partial charge in [-0.2, -0.15) is 13.2 Å². The summed E-state index contributed by atoms with van der Waals surface area (Å²) in [6.07, 6.45) is -4.30. The highest BCUT2D eigenvalue weighted by molar-refractivity contribution is 6.20. The van der Waals surface area contributed by atoms with Crippen molar-refractivity contribution in [2.75, 3.05) is 7.11 Å². The highest BCUT2D eigenvalue weighted by Crippen LogP contribution is 2.49. The summed E-state index contributed by atoms with van der Waals surface area (Å²) in [7, 11) is 1.48. The number of allylic oxidation sites excluding steroid dienone is 1. The molecule has 0 aliphatic heterocycles. The van der Waals surface area contributed by atoms with E-state index in [1.165, 1.54) is 50.4 Å². The Morgan fingerprint density at radius 3 is 2.25 bits per heavy atom. The fourth-order valence-corrected chi connectivity index (χ4v) is 4.49. The van der Waals surface area contributed by atoms with Crippen LogP contribution in [-0.4, -0.2) is 36.3 Å². The molecule has 0 spiro atoms. The molecule has 0 bridgehead atoms. The van der Waals surface area contributed by atoms with E-state index in [2.05, 4.69) is 0 Å². The molecular formula is C27H22F3NO5. The van der Waals surface area contributed by atoms with Gasteiger partial charge in [0.25, 0.3) is 5.91 Å². The van der Waals surface area contributed by atoms with Crippen LogP contribution in [-0.2, 0) is 11.2 Å². The lowest BCUT2D eigenvalue weighted by atomic mass is 9.82. The van der Waals surface area contributed by atoms with Crippen molar-refractivity contribution in [2.24, 2.45) is 5.92 Å². The summed E-state index contributed by atoms with van der Waals surface area (Å²) in [5, 5.41) is 1.84. The summed E-state index contributed by atoms with van der Waals surface area (Å²) in [6.45, 7) is 1.33. The van der Waals surface area contributed by atoms with Crippen molar-refractivity contribution in [3.8, 4) is 5.75 Å². The molecule has 0 saturated carbocycles. The van der Waals surface area contributed by atoms with E-state index in [9.17, 15) is 27.6 Å². The topological polar surface area (TPSA) is 85.6 Å². The first-order chi connectivity index (χ1) is 17.1. The number of ether oxygens (including phenoxy) is 1.